The lowest BCUT2D eigenvalue weighted by atomic mass is 10.1. The third kappa shape index (κ3) is 3.22. The molecule has 1 unspecified atom stereocenters. The summed E-state index contributed by atoms with van der Waals surface area (Å²) in [7, 11) is 0. The van der Waals surface area contributed by atoms with E-state index in [0.717, 1.165) is 5.69 Å². The van der Waals surface area contributed by atoms with E-state index in [1.54, 1.807) is 0 Å². The smallest absolute Gasteiger partial charge is 0.274 e. The number of anilines is 1. The number of aromatic nitrogens is 2. The Morgan fingerprint density at radius 2 is 2.06 bits per heavy atom. The Hall–Kier alpha value is -1.56. The monoisotopic (exact) mass is 254 g/mol. The second-order valence-electron chi connectivity index (χ2n) is 5.08. The van der Waals surface area contributed by atoms with Crippen LogP contribution in [0.1, 0.15) is 49.8 Å². The summed E-state index contributed by atoms with van der Waals surface area (Å²) in [4.78, 5) is 11.8. The van der Waals surface area contributed by atoms with E-state index in [-0.39, 0.29) is 30.0 Å². The second-order valence-corrected chi connectivity index (χ2v) is 5.08. The fourth-order valence-electron chi connectivity index (χ4n) is 1.49. The second kappa shape index (κ2) is 5.86. The number of nitrogens with two attached hydrogens (primary N) is 1. The number of amides is 1. The molecule has 0 spiro atoms. The molecular weight excluding hydrogens is 232 g/mol. The van der Waals surface area contributed by atoms with Gasteiger partial charge in [-0.05, 0) is 11.8 Å². The van der Waals surface area contributed by atoms with E-state index in [1.165, 1.54) is 0 Å². The van der Waals surface area contributed by atoms with Crippen molar-refractivity contribution in [1.29, 1.82) is 0 Å². The number of aromatic amines is 1. The molecule has 1 atom stereocenters. The number of aliphatic hydroxyl groups is 1. The molecule has 1 rings (SSSR count). The summed E-state index contributed by atoms with van der Waals surface area (Å²) in [5, 5.41) is 18.9. The summed E-state index contributed by atoms with van der Waals surface area (Å²) in [5.74, 6) is -0.0938. The van der Waals surface area contributed by atoms with Gasteiger partial charge < -0.3 is 16.2 Å². The van der Waals surface area contributed by atoms with Crippen LogP contribution in [0.5, 0.6) is 0 Å². The first-order chi connectivity index (χ1) is 8.34. The average Bonchev–Trinajstić information content (AvgIpc) is 2.67. The van der Waals surface area contributed by atoms with Crippen LogP contribution in [-0.4, -0.2) is 33.9 Å². The highest BCUT2D eigenvalue weighted by Gasteiger charge is 2.19. The Labute approximate surface area is 107 Å². The van der Waals surface area contributed by atoms with Crippen molar-refractivity contribution in [2.75, 3.05) is 12.3 Å². The first-order valence-electron chi connectivity index (χ1n) is 6.14. The van der Waals surface area contributed by atoms with E-state index < -0.39 is 6.10 Å². The van der Waals surface area contributed by atoms with Crippen molar-refractivity contribution in [3.05, 3.63) is 11.4 Å². The highest BCUT2D eigenvalue weighted by molar-refractivity contribution is 5.97. The molecule has 1 aromatic heterocycles. The van der Waals surface area contributed by atoms with E-state index in [1.807, 2.05) is 27.7 Å². The Bertz CT molecular complexity index is 412. The van der Waals surface area contributed by atoms with Gasteiger partial charge in [-0.2, -0.15) is 5.10 Å². The molecule has 18 heavy (non-hydrogen) atoms. The van der Waals surface area contributed by atoms with Gasteiger partial charge in [0.15, 0.2) is 5.69 Å². The number of H-pyrrole nitrogens is 1. The van der Waals surface area contributed by atoms with Crippen molar-refractivity contribution < 1.29 is 9.90 Å². The van der Waals surface area contributed by atoms with E-state index in [2.05, 4.69) is 15.5 Å². The number of carbonyl (C=O) groups is 1. The van der Waals surface area contributed by atoms with E-state index >= 15 is 0 Å². The quantitative estimate of drug-likeness (QED) is 0.625. The molecule has 0 aliphatic heterocycles. The first-order valence-corrected chi connectivity index (χ1v) is 6.14. The van der Waals surface area contributed by atoms with Gasteiger partial charge in [0.1, 0.15) is 0 Å². The van der Waals surface area contributed by atoms with Crippen LogP contribution in [0.4, 0.5) is 5.69 Å². The number of carbonyl (C=O) groups excluding carboxylic acids is 1. The molecule has 1 amide bonds. The molecule has 0 aliphatic rings. The zero-order valence-electron chi connectivity index (χ0n) is 11.3. The molecule has 0 bridgehead atoms. The minimum atomic E-state index is -0.571. The summed E-state index contributed by atoms with van der Waals surface area (Å²) in [6, 6.07) is 0. The van der Waals surface area contributed by atoms with Crippen molar-refractivity contribution in [3.8, 4) is 0 Å². The van der Waals surface area contributed by atoms with Crippen molar-refractivity contribution in [1.82, 2.24) is 15.5 Å². The molecule has 0 saturated heterocycles. The molecule has 1 aromatic rings. The lowest BCUT2D eigenvalue weighted by Crippen LogP contribution is -2.35. The Kier molecular flexibility index (Phi) is 4.72. The molecule has 5 N–H and O–H groups in total. The number of hydrogen-bond acceptors (Lipinski definition) is 4. The lowest BCUT2D eigenvalue weighted by molar-refractivity contribution is 0.0868. The van der Waals surface area contributed by atoms with Gasteiger partial charge in [0.2, 0.25) is 0 Å². The van der Waals surface area contributed by atoms with Crippen LogP contribution in [0.2, 0.25) is 0 Å². The maximum Gasteiger partial charge on any atom is 0.274 e. The number of rotatable bonds is 5. The van der Waals surface area contributed by atoms with Gasteiger partial charge in [0.25, 0.3) is 5.91 Å². The third-order valence-corrected chi connectivity index (χ3v) is 2.87. The molecule has 1 heterocycles. The summed E-state index contributed by atoms with van der Waals surface area (Å²) in [6.07, 6.45) is -0.571. The third-order valence-electron chi connectivity index (χ3n) is 2.87. The summed E-state index contributed by atoms with van der Waals surface area (Å²) in [6.45, 7) is 7.90. The largest absolute Gasteiger partial charge is 0.395 e. The topological polar surface area (TPSA) is 104 Å². The molecule has 0 fully saturated rings. The first kappa shape index (κ1) is 14.5. The minimum absolute atomic E-state index is 0.0908. The average molecular weight is 254 g/mol. The van der Waals surface area contributed by atoms with Crippen molar-refractivity contribution >= 4 is 11.6 Å². The van der Waals surface area contributed by atoms with Gasteiger partial charge >= 0.3 is 0 Å². The van der Waals surface area contributed by atoms with Crippen LogP contribution in [0, 0.1) is 5.92 Å². The molecule has 102 valence electrons. The van der Waals surface area contributed by atoms with Gasteiger partial charge in [0.05, 0.1) is 17.5 Å². The number of aliphatic hydroxyl groups excluding tert-OH is 1. The number of nitrogens with zero attached hydrogens (tertiary/aromatic N) is 1. The molecule has 6 heteroatoms. The summed E-state index contributed by atoms with van der Waals surface area (Å²) in [5.41, 5.74) is 7.17. The Morgan fingerprint density at radius 1 is 1.44 bits per heavy atom. The maximum absolute atomic E-state index is 11.8. The van der Waals surface area contributed by atoms with Crippen LogP contribution in [0.3, 0.4) is 0 Å². The summed E-state index contributed by atoms with van der Waals surface area (Å²) < 4.78 is 0. The van der Waals surface area contributed by atoms with Crippen LogP contribution in [0.25, 0.3) is 0 Å². The molecule has 0 aliphatic carbocycles. The zero-order valence-corrected chi connectivity index (χ0v) is 11.3. The maximum atomic E-state index is 11.8. The Balaban J connectivity index is 2.68. The normalized spacial score (nSPS) is 13.1. The van der Waals surface area contributed by atoms with E-state index in [9.17, 15) is 9.90 Å². The Morgan fingerprint density at radius 3 is 2.50 bits per heavy atom. The van der Waals surface area contributed by atoms with Gasteiger partial charge in [-0.25, -0.2) is 0 Å². The fourth-order valence-corrected chi connectivity index (χ4v) is 1.49. The number of hydrogen-bond donors (Lipinski definition) is 4. The van der Waals surface area contributed by atoms with Crippen molar-refractivity contribution in [3.63, 3.8) is 0 Å². The minimum Gasteiger partial charge on any atom is -0.395 e. The van der Waals surface area contributed by atoms with Gasteiger partial charge in [-0.3, -0.25) is 9.89 Å². The molecular formula is C12H22N4O2. The molecule has 0 aromatic carbocycles. The van der Waals surface area contributed by atoms with E-state index in [4.69, 9.17) is 5.73 Å². The molecule has 0 saturated carbocycles. The van der Waals surface area contributed by atoms with Gasteiger partial charge in [-0.1, -0.05) is 27.7 Å². The number of nitrogen functional groups attached to an aromatic ring is 1. The predicted molar refractivity (Wildman–Crippen MR) is 70.3 cm³/mol. The van der Waals surface area contributed by atoms with Crippen molar-refractivity contribution in [2.24, 2.45) is 5.92 Å². The molecule has 0 radical (unpaired) electrons. The van der Waals surface area contributed by atoms with Crippen LogP contribution in [-0.2, 0) is 0 Å². The van der Waals surface area contributed by atoms with Crippen LogP contribution >= 0.6 is 0 Å². The number of nitrogens with one attached hydrogen (secondary N) is 2. The summed E-state index contributed by atoms with van der Waals surface area (Å²) >= 11 is 0. The van der Waals surface area contributed by atoms with Gasteiger partial charge in [0, 0.05) is 6.54 Å². The van der Waals surface area contributed by atoms with Crippen LogP contribution < -0.4 is 11.1 Å². The highest BCUT2D eigenvalue weighted by Crippen LogP contribution is 2.21. The predicted octanol–water partition coefficient (Wildman–Crippen LogP) is 0.862. The van der Waals surface area contributed by atoms with Gasteiger partial charge in [-0.15, -0.1) is 0 Å². The fraction of sp³-hybridized carbons (Fsp3) is 0.667. The standard InChI is InChI=1S/C12H22N4O2/c1-6(2)8(17)5-14-12(18)11-9(13)10(7(3)4)15-16-11/h6-8,17H,5,13H2,1-4H3,(H,14,18)(H,15,16). The lowest BCUT2D eigenvalue weighted by Gasteiger charge is -2.14. The zero-order chi connectivity index (χ0) is 13.9. The highest BCUT2D eigenvalue weighted by atomic mass is 16.3. The van der Waals surface area contributed by atoms with Crippen molar-refractivity contribution in [2.45, 2.75) is 39.7 Å². The molecule has 6 nitrogen and oxygen atoms in total. The van der Waals surface area contributed by atoms with E-state index in [0.29, 0.717) is 5.69 Å². The van der Waals surface area contributed by atoms with Crippen LogP contribution in [0.15, 0.2) is 0 Å². The SMILES string of the molecule is CC(C)c1[nH]nc(C(=O)NCC(O)C(C)C)c1N.